The van der Waals surface area contributed by atoms with E-state index in [0.29, 0.717) is 6.54 Å². The van der Waals surface area contributed by atoms with Crippen LogP contribution in [0.5, 0.6) is 0 Å². The van der Waals surface area contributed by atoms with Crippen molar-refractivity contribution in [3.63, 3.8) is 0 Å². The average molecular weight is 402 g/mol. The van der Waals surface area contributed by atoms with E-state index in [2.05, 4.69) is 27.7 Å². The van der Waals surface area contributed by atoms with Crippen molar-refractivity contribution < 1.29 is 9.18 Å². The van der Waals surface area contributed by atoms with Gasteiger partial charge in [0.2, 0.25) is 5.91 Å². The summed E-state index contributed by atoms with van der Waals surface area (Å²) in [6.45, 7) is 5.71. The second-order valence-electron chi connectivity index (χ2n) is 7.11. The van der Waals surface area contributed by atoms with Crippen LogP contribution in [-0.4, -0.2) is 48.0 Å². The third-order valence-corrected chi connectivity index (χ3v) is 5.87. The van der Waals surface area contributed by atoms with E-state index in [1.54, 1.807) is 12.1 Å². The second kappa shape index (κ2) is 10.5. The fourth-order valence-electron chi connectivity index (χ4n) is 3.14. The molecule has 28 heavy (non-hydrogen) atoms. The molecule has 2 aromatic carbocycles. The summed E-state index contributed by atoms with van der Waals surface area (Å²) in [5.74, 6) is 2.12. The molecule has 1 unspecified atom stereocenters. The van der Waals surface area contributed by atoms with Gasteiger partial charge in [0.05, 0.1) is 0 Å². The third-order valence-electron chi connectivity index (χ3n) is 4.93. The lowest BCUT2D eigenvalue weighted by Gasteiger charge is -2.26. The first-order chi connectivity index (χ1) is 13.6. The van der Waals surface area contributed by atoms with Crippen molar-refractivity contribution in [2.45, 2.75) is 25.9 Å². The molecule has 1 saturated heterocycles. The maximum absolute atomic E-state index is 12.9. The van der Waals surface area contributed by atoms with E-state index in [1.807, 2.05) is 30.8 Å². The number of anilines is 1. The molecule has 1 aliphatic heterocycles. The Bertz CT molecular complexity index is 745. The van der Waals surface area contributed by atoms with Gasteiger partial charge in [0.25, 0.3) is 0 Å². The van der Waals surface area contributed by atoms with Crippen molar-refractivity contribution >= 4 is 23.4 Å². The second-order valence-corrected chi connectivity index (χ2v) is 8.34. The predicted molar refractivity (Wildman–Crippen MR) is 115 cm³/mol. The molecule has 4 nitrogen and oxygen atoms in total. The van der Waals surface area contributed by atoms with Crippen LogP contribution in [0.15, 0.2) is 48.5 Å². The molecule has 0 radical (unpaired) electrons. The van der Waals surface area contributed by atoms with Gasteiger partial charge in [-0.2, -0.15) is 11.8 Å². The molecule has 1 heterocycles. The highest BCUT2D eigenvalue weighted by Gasteiger charge is 2.13. The molecular formula is C22H28FN3OS. The topological polar surface area (TPSA) is 44.4 Å². The van der Waals surface area contributed by atoms with Crippen LogP contribution in [0, 0.1) is 5.82 Å². The Balaban J connectivity index is 1.42. The smallest absolute Gasteiger partial charge is 0.242 e. The van der Waals surface area contributed by atoms with Gasteiger partial charge in [-0.3, -0.25) is 4.79 Å². The maximum atomic E-state index is 12.9. The average Bonchev–Trinajstić information content (AvgIpc) is 2.73. The highest BCUT2D eigenvalue weighted by atomic mass is 32.2. The number of thioether (sulfide) groups is 1. The Hall–Kier alpha value is -2.05. The number of benzene rings is 2. The van der Waals surface area contributed by atoms with E-state index in [9.17, 15) is 9.18 Å². The van der Waals surface area contributed by atoms with Gasteiger partial charge < -0.3 is 15.5 Å². The molecule has 150 valence electrons. The Morgan fingerprint density at radius 2 is 1.71 bits per heavy atom. The molecular weight excluding hydrogens is 373 g/mol. The number of hydrogen-bond acceptors (Lipinski definition) is 4. The fourth-order valence-corrected chi connectivity index (χ4v) is 4.12. The fraction of sp³-hybridized carbons (Fsp3) is 0.409. The zero-order valence-electron chi connectivity index (χ0n) is 16.3. The van der Waals surface area contributed by atoms with Crippen molar-refractivity contribution in [1.82, 2.24) is 10.2 Å². The lowest BCUT2D eigenvalue weighted by molar-refractivity contribution is -0.121. The van der Waals surface area contributed by atoms with Crippen LogP contribution >= 0.6 is 11.8 Å². The van der Waals surface area contributed by atoms with E-state index in [1.165, 1.54) is 42.3 Å². The predicted octanol–water partition coefficient (Wildman–Crippen LogP) is 3.53. The zero-order valence-corrected chi connectivity index (χ0v) is 17.1. The lowest BCUT2D eigenvalue weighted by atomic mass is 10.1. The third kappa shape index (κ3) is 6.53. The number of rotatable bonds is 8. The number of halogens is 1. The van der Waals surface area contributed by atoms with Crippen LogP contribution in [-0.2, 0) is 17.8 Å². The van der Waals surface area contributed by atoms with Crippen LogP contribution in [0.3, 0.4) is 0 Å². The summed E-state index contributed by atoms with van der Waals surface area (Å²) in [6.07, 6.45) is 1.05. The molecule has 1 fully saturated rings. The van der Waals surface area contributed by atoms with E-state index in [0.717, 1.165) is 24.2 Å². The van der Waals surface area contributed by atoms with Crippen molar-refractivity contribution in [3.8, 4) is 0 Å². The first-order valence-electron chi connectivity index (χ1n) is 9.78. The highest BCUT2D eigenvalue weighted by molar-refractivity contribution is 7.99. The Kier molecular flexibility index (Phi) is 7.74. The molecule has 0 bridgehead atoms. The first-order valence-corrected chi connectivity index (χ1v) is 10.9. The maximum Gasteiger partial charge on any atom is 0.242 e. The van der Waals surface area contributed by atoms with Gasteiger partial charge in [0, 0.05) is 43.4 Å². The summed E-state index contributed by atoms with van der Waals surface area (Å²) in [4.78, 5) is 14.8. The summed E-state index contributed by atoms with van der Waals surface area (Å²) in [7, 11) is 0. The summed E-state index contributed by atoms with van der Waals surface area (Å²) in [6, 6.07) is 14.1. The molecule has 1 atom stereocenters. The van der Waals surface area contributed by atoms with Crippen molar-refractivity contribution in [1.29, 1.82) is 0 Å². The molecule has 1 amide bonds. The van der Waals surface area contributed by atoms with E-state index >= 15 is 0 Å². The van der Waals surface area contributed by atoms with Gasteiger partial charge in [-0.1, -0.05) is 24.3 Å². The van der Waals surface area contributed by atoms with E-state index in [4.69, 9.17) is 0 Å². The molecule has 6 heteroatoms. The van der Waals surface area contributed by atoms with Gasteiger partial charge in [-0.05, 0) is 48.7 Å². The quantitative estimate of drug-likeness (QED) is 0.710. The van der Waals surface area contributed by atoms with Crippen molar-refractivity contribution in [3.05, 3.63) is 65.5 Å². The van der Waals surface area contributed by atoms with Gasteiger partial charge >= 0.3 is 0 Å². The summed E-state index contributed by atoms with van der Waals surface area (Å²) >= 11 is 2.04. The van der Waals surface area contributed by atoms with E-state index < -0.39 is 0 Å². The number of nitrogens with one attached hydrogen (secondary N) is 2. The zero-order chi connectivity index (χ0) is 19.8. The molecule has 0 aliphatic carbocycles. The van der Waals surface area contributed by atoms with E-state index in [-0.39, 0.29) is 17.8 Å². The van der Waals surface area contributed by atoms with Gasteiger partial charge in [0.15, 0.2) is 0 Å². The van der Waals surface area contributed by atoms with Gasteiger partial charge in [-0.25, -0.2) is 4.39 Å². The van der Waals surface area contributed by atoms with Crippen molar-refractivity contribution in [2.24, 2.45) is 0 Å². The highest BCUT2D eigenvalue weighted by Crippen LogP contribution is 2.14. The van der Waals surface area contributed by atoms with Crippen LogP contribution in [0.25, 0.3) is 0 Å². The van der Waals surface area contributed by atoms with Crippen LogP contribution in [0.2, 0.25) is 0 Å². The Labute approximate surface area is 170 Å². The number of nitrogens with zero attached hydrogens (tertiary/aromatic N) is 1. The molecule has 0 aromatic heterocycles. The Morgan fingerprint density at radius 1 is 1.07 bits per heavy atom. The minimum Gasteiger partial charge on any atom is -0.374 e. The lowest BCUT2D eigenvalue weighted by Crippen LogP contribution is -2.37. The minimum atomic E-state index is -0.350. The van der Waals surface area contributed by atoms with Gasteiger partial charge in [-0.15, -0.1) is 0 Å². The number of carbonyl (C=O) groups is 1. The number of carbonyl (C=O) groups excluding carboxylic acids is 1. The summed E-state index contributed by atoms with van der Waals surface area (Å²) < 4.78 is 12.9. The SMILES string of the molecule is CC(Nc1ccc(CCN2CCSCC2)cc1)C(=O)NCc1ccc(F)cc1. The monoisotopic (exact) mass is 401 g/mol. The standard InChI is InChI=1S/C22H28FN3OS/c1-17(22(27)24-16-19-2-6-20(23)7-3-19)25-21-8-4-18(5-9-21)10-11-26-12-14-28-15-13-26/h2-9,17,25H,10-16H2,1H3,(H,24,27). The number of amides is 1. The minimum absolute atomic E-state index is 0.0867. The molecule has 1 aliphatic rings. The number of hydrogen-bond donors (Lipinski definition) is 2. The van der Waals surface area contributed by atoms with Crippen LogP contribution < -0.4 is 10.6 Å². The normalized spacial score (nSPS) is 15.8. The Morgan fingerprint density at radius 3 is 2.39 bits per heavy atom. The van der Waals surface area contributed by atoms with Crippen LogP contribution in [0.1, 0.15) is 18.1 Å². The largest absolute Gasteiger partial charge is 0.374 e. The molecule has 0 spiro atoms. The molecule has 3 rings (SSSR count). The summed E-state index contributed by atoms with van der Waals surface area (Å²) in [5, 5.41) is 6.11. The molecule has 2 aromatic rings. The molecule has 2 N–H and O–H groups in total. The van der Waals surface area contributed by atoms with Crippen molar-refractivity contribution in [2.75, 3.05) is 36.5 Å². The molecule has 0 saturated carbocycles. The summed E-state index contributed by atoms with van der Waals surface area (Å²) in [5.41, 5.74) is 3.12. The van der Waals surface area contributed by atoms with Crippen LogP contribution in [0.4, 0.5) is 10.1 Å². The van der Waals surface area contributed by atoms with Gasteiger partial charge in [0.1, 0.15) is 11.9 Å². The first kappa shape index (κ1) is 20.7.